The molecule has 166 valence electrons. The SMILES string of the molecule is COc1cc(/C=C2\SC(=O)N(CC(=O)N3CCCCCC3)C2=O)ccc1OCC(=O)O. The number of hydrogen-bond acceptors (Lipinski definition) is 7. The second-order valence-electron chi connectivity index (χ2n) is 7.16. The number of nitrogens with zero attached hydrogens (tertiary/aromatic N) is 2. The van der Waals surface area contributed by atoms with E-state index in [-0.39, 0.29) is 23.1 Å². The summed E-state index contributed by atoms with van der Waals surface area (Å²) in [6, 6.07) is 4.73. The summed E-state index contributed by atoms with van der Waals surface area (Å²) < 4.78 is 10.4. The van der Waals surface area contributed by atoms with Gasteiger partial charge in [0.05, 0.1) is 12.0 Å². The van der Waals surface area contributed by atoms with Crippen LogP contribution in [0.15, 0.2) is 23.1 Å². The van der Waals surface area contributed by atoms with E-state index in [1.165, 1.54) is 19.3 Å². The Morgan fingerprint density at radius 3 is 2.48 bits per heavy atom. The van der Waals surface area contributed by atoms with Crippen molar-refractivity contribution < 1.29 is 33.8 Å². The van der Waals surface area contributed by atoms with Crippen LogP contribution in [0.25, 0.3) is 6.08 Å². The number of ether oxygens (including phenoxy) is 2. The summed E-state index contributed by atoms with van der Waals surface area (Å²) in [5.41, 5.74) is 0.573. The van der Waals surface area contributed by atoms with E-state index in [2.05, 4.69) is 0 Å². The molecule has 9 nitrogen and oxygen atoms in total. The molecule has 0 bridgehead atoms. The van der Waals surface area contributed by atoms with Crippen molar-refractivity contribution in [2.45, 2.75) is 25.7 Å². The third-order valence-electron chi connectivity index (χ3n) is 4.96. The number of carboxylic acid groups (broad SMARTS) is 1. The fraction of sp³-hybridized carbons (Fsp3) is 0.429. The summed E-state index contributed by atoms with van der Waals surface area (Å²) >= 11 is 0.779. The number of imide groups is 1. The fourth-order valence-corrected chi connectivity index (χ4v) is 4.21. The Morgan fingerprint density at radius 1 is 1.13 bits per heavy atom. The summed E-state index contributed by atoms with van der Waals surface area (Å²) in [4.78, 5) is 51.2. The molecule has 0 aliphatic carbocycles. The number of thioether (sulfide) groups is 1. The minimum absolute atomic E-state index is 0.204. The molecule has 1 aromatic carbocycles. The number of methoxy groups -OCH3 is 1. The van der Waals surface area contributed by atoms with Crippen LogP contribution in [0.1, 0.15) is 31.2 Å². The lowest BCUT2D eigenvalue weighted by molar-refractivity contribution is -0.139. The van der Waals surface area contributed by atoms with Crippen LogP contribution in [-0.4, -0.2) is 71.3 Å². The number of rotatable bonds is 7. The second-order valence-corrected chi connectivity index (χ2v) is 8.15. The molecule has 1 N–H and O–H groups in total. The summed E-state index contributed by atoms with van der Waals surface area (Å²) in [6.45, 7) is 0.537. The van der Waals surface area contributed by atoms with E-state index in [0.717, 1.165) is 42.3 Å². The molecule has 0 spiro atoms. The van der Waals surface area contributed by atoms with Gasteiger partial charge in [-0.05, 0) is 48.4 Å². The van der Waals surface area contributed by atoms with Crippen LogP contribution in [0.4, 0.5) is 4.79 Å². The van der Waals surface area contributed by atoms with Gasteiger partial charge in [0.2, 0.25) is 5.91 Å². The maximum atomic E-state index is 12.7. The number of amides is 3. The van der Waals surface area contributed by atoms with E-state index in [9.17, 15) is 19.2 Å². The maximum Gasteiger partial charge on any atom is 0.341 e. The van der Waals surface area contributed by atoms with E-state index < -0.39 is 23.7 Å². The van der Waals surface area contributed by atoms with Gasteiger partial charge < -0.3 is 19.5 Å². The highest BCUT2D eigenvalue weighted by molar-refractivity contribution is 8.18. The third kappa shape index (κ3) is 5.78. The molecule has 2 aliphatic heterocycles. The smallest absolute Gasteiger partial charge is 0.341 e. The number of benzene rings is 1. The molecule has 3 rings (SSSR count). The van der Waals surface area contributed by atoms with Crippen LogP contribution in [0, 0.1) is 0 Å². The Balaban J connectivity index is 1.70. The first-order valence-electron chi connectivity index (χ1n) is 9.95. The molecule has 2 fully saturated rings. The Kier molecular flexibility index (Phi) is 7.56. The maximum absolute atomic E-state index is 12.7. The number of likely N-dealkylation sites (tertiary alicyclic amines) is 1. The lowest BCUT2D eigenvalue weighted by Crippen LogP contribution is -2.42. The topological polar surface area (TPSA) is 113 Å². The fourth-order valence-electron chi connectivity index (χ4n) is 3.38. The minimum atomic E-state index is -1.12. The van der Waals surface area contributed by atoms with Crippen molar-refractivity contribution in [3.05, 3.63) is 28.7 Å². The monoisotopic (exact) mass is 448 g/mol. The number of carbonyl (C=O) groups is 4. The normalized spacial score (nSPS) is 18.3. The van der Waals surface area contributed by atoms with Gasteiger partial charge in [-0.2, -0.15) is 0 Å². The van der Waals surface area contributed by atoms with Crippen LogP contribution in [0.5, 0.6) is 11.5 Å². The van der Waals surface area contributed by atoms with Crippen molar-refractivity contribution in [1.29, 1.82) is 0 Å². The molecule has 2 aliphatic rings. The average Bonchev–Trinajstić information content (AvgIpc) is 2.95. The van der Waals surface area contributed by atoms with Crippen LogP contribution >= 0.6 is 11.8 Å². The van der Waals surface area contributed by atoms with Gasteiger partial charge in [-0.15, -0.1) is 0 Å². The van der Waals surface area contributed by atoms with E-state index >= 15 is 0 Å². The Morgan fingerprint density at radius 2 is 1.84 bits per heavy atom. The van der Waals surface area contributed by atoms with Crippen LogP contribution in [0.2, 0.25) is 0 Å². The van der Waals surface area contributed by atoms with Crippen molar-refractivity contribution in [3.63, 3.8) is 0 Å². The van der Waals surface area contributed by atoms with Gasteiger partial charge in [0, 0.05) is 13.1 Å². The van der Waals surface area contributed by atoms with Gasteiger partial charge in [-0.1, -0.05) is 18.9 Å². The molecule has 10 heteroatoms. The van der Waals surface area contributed by atoms with Crippen LogP contribution in [-0.2, 0) is 14.4 Å². The second kappa shape index (κ2) is 10.3. The number of hydrogen-bond donors (Lipinski definition) is 1. The van der Waals surface area contributed by atoms with Crippen molar-refractivity contribution >= 4 is 40.9 Å². The molecule has 0 aromatic heterocycles. The van der Waals surface area contributed by atoms with Gasteiger partial charge in [-0.25, -0.2) is 4.79 Å². The first kappa shape index (κ1) is 22.7. The molecule has 0 atom stereocenters. The van der Waals surface area contributed by atoms with Crippen LogP contribution < -0.4 is 9.47 Å². The minimum Gasteiger partial charge on any atom is -0.493 e. The molecule has 2 saturated heterocycles. The summed E-state index contributed by atoms with van der Waals surface area (Å²) in [5.74, 6) is -1.30. The molecule has 1 aromatic rings. The number of aliphatic carboxylic acids is 1. The van der Waals surface area contributed by atoms with Gasteiger partial charge in [0.25, 0.3) is 11.1 Å². The van der Waals surface area contributed by atoms with Gasteiger partial charge in [0.1, 0.15) is 6.54 Å². The van der Waals surface area contributed by atoms with Gasteiger partial charge >= 0.3 is 5.97 Å². The molecule has 31 heavy (non-hydrogen) atoms. The van der Waals surface area contributed by atoms with Crippen molar-refractivity contribution in [2.75, 3.05) is 33.4 Å². The highest BCUT2D eigenvalue weighted by Crippen LogP contribution is 2.34. The summed E-state index contributed by atoms with van der Waals surface area (Å²) in [5, 5.41) is 8.26. The molecule has 0 unspecified atom stereocenters. The largest absolute Gasteiger partial charge is 0.493 e. The first-order valence-corrected chi connectivity index (χ1v) is 10.8. The Hall–Kier alpha value is -3.01. The van der Waals surface area contributed by atoms with Gasteiger partial charge in [0.15, 0.2) is 18.1 Å². The molecular formula is C21H24N2O7S. The van der Waals surface area contributed by atoms with Crippen molar-refractivity contribution in [2.24, 2.45) is 0 Å². The highest BCUT2D eigenvalue weighted by atomic mass is 32.2. The van der Waals surface area contributed by atoms with E-state index in [1.54, 1.807) is 17.0 Å². The predicted molar refractivity (Wildman–Crippen MR) is 114 cm³/mol. The lowest BCUT2D eigenvalue weighted by atomic mass is 10.2. The average molecular weight is 448 g/mol. The number of carboxylic acids is 1. The molecule has 0 saturated carbocycles. The van der Waals surface area contributed by atoms with E-state index in [1.807, 2.05) is 0 Å². The third-order valence-corrected chi connectivity index (χ3v) is 5.87. The van der Waals surface area contributed by atoms with E-state index in [0.29, 0.717) is 24.4 Å². The predicted octanol–water partition coefficient (Wildman–Crippen LogP) is 2.60. The molecule has 2 heterocycles. The van der Waals surface area contributed by atoms with Crippen LogP contribution in [0.3, 0.4) is 0 Å². The zero-order valence-electron chi connectivity index (χ0n) is 17.2. The highest BCUT2D eigenvalue weighted by Gasteiger charge is 2.37. The van der Waals surface area contributed by atoms with E-state index in [4.69, 9.17) is 14.6 Å². The quantitative estimate of drug-likeness (QED) is 0.633. The summed E-state index contributed by atoms with van der Waals surface area (Å²) in [7, 11) is 1.41. The van der Waals surface area contributed by atoms with Crippen molar-refractivity contribution in [3.8, 4) is 11.5 Å². The molecular weight excluding hydrogens is 424 g/mol. The molecule has 3 amide bonds. The zero-order chi connectivity index (χ0) is 22.4. The van der Waals surface area contributed by atoms with Crippen molar-refractivity contribution in [1.82, 2.24) is 9.80 Å². The summed E-state index contributed by atoms with van der Waals surface area (Å²) in [6.07, 6.45) is 5.56. The Labute approximate surface area is 184 Å². The zero-order valence-corrected chi connectivity index (χ0v) is 18.0. The van der Waals surface area contributed by atoms with Gasteiger partial charge in [-0.3, -0.25) is 19.3 Å². The molecule has 0 radical (unpaired) electrons. The Bertz CT molecular complexity index is 907. The first-order chi connectivity index (χ1) is 14.9. The number of carbonyl (C=O) groups excluding carboxylic acids is 3. The lowest BCUT2D eigenvalue weighted by Gasteiger charge is -2.22. The standard InChI is InChI=1S/C21H24N2O7S/c1-29-16-10-14(6-7-15(16)30-13-19(25)26)11-17-20(27)23(21(28)31-17)12-18(24)22-8-4-2-3-5-9-22/h6-7,10-11H,2-5,8-9,12-13H2,1H3,(H,25,26)/b17-11-.